The van der Waals surface area contributed by atoms with Gasteiger partial charge in [0.1, 0.15) is 0 Å². The fourth-order valence-electron chi connectivity index (χ4n) is 3.55. The Bertz CT molecular complexity index is 791. The Kier molecular flexibility index (Phi) is 8.70. The van der Waals surface area contributed by atoms with Crippen molar-refractivity contribution in [3.63, 3.8) is 0 Å². The van der Waals surface area contributed by atoms with E-state index in [9.17, 15) is 4.79 Å². The summed E-state index contributed by atoms with van der Waals surface area (Å²) in [7, 11) is 5.05. The quantitative estimate of drug-likeness (QED) is 0.740. The molecule has 1 amide bonds. The molecule has 2 aromatic rings. The first-order valence-electron chi connectivity index (χ1n) is 9.42. The third-order valence-electron chi connectivity index (χ3n) is 5.08. The van der Waals surface area contributed by atoms with Gasteiger partial charge in [0.05, 0.1) is 20.8 Å². The molecule has 29 heavy (non-hydrogen) atoms. The summed E-state index contributed by atoms with van der Waals surface area (Å²) in [6.45, 7) is 3.33. The third kappa shape index (κ3) is 5.59. The minimum Gasteiger partial charge on any atom is -0.493 e. The minimum atomic E-state index is 0. The van der Waals surface area contributed by atoms with Crippen molar-refractivity contribution >= 4 is 18.3 Å². The van der Waals surface area contributed by atoms with E-state index in [1.807, 2.05) is 37.5 Å². The summed E-state index contributed by atoms with van der Waals surface area (Å²) < 4.78 is 10.8. The highest BCUT2D eigenvalue weighted by Crippen LogP contribution is 2.31. The number of para-hydroxylation sites is 1. The maximum absolute atomic E-state index is 12.9. The van der Waals surface area contributed by atoms with Crippen LogP contribution in [0.2, 0.25) is 0 Å². The Morgan fingerprint density at radius 3 is 2.79 bits per heavy atom. The van der Waals surface area contributed by atoms with Crippen LogP contribution in [0.15, 0.2) is 42.7 Å². The van der Waals surface area contributed by atoms with Crippen LogP contribution in [-0.4, -0.2) is 68.1 Å². The fourth-order valence-corrected chi connectivity index (χ4v) is 3.55. The normalized spacial score (nSPS) is 16.6. The number of halogens is 1. The summed E-state index contributed by atoms with van der Waals surface area (Å²) >= 11 is 0. The topological polar surface area (TPSA) is 66.9 Å². The van der Waals surface area contributed by atoms with Crippen LogP contribution >= 0.6 is 12.4 Å². The zero-order chi connectivity index (χ0) is 19.9. The van der Waals surface area contributed by atoms with E-state index >= 15 is 0 Å². The number of hydrogen-bond acceptors (Lipinski definition) is 6. The standard InChI is InChI=1S/C21H28N4O3.ClH/c1-24(14-17-6-4-8-19(27-2)21(17)28-3)20(26)15-25-11-10-23-13-18(25)16-7-5-9-22-12-16;/h4-9,12,18,23H,10-11,13-15H2,1-3H3;1H. The number of piperazine rings is 1. The summed E-state index contributed by atoms with van der Waals surface area (Å²) in [6.07, 6.45) is 3.64. The number of methoxy groups -OCH3 is 2. The van der Waals surface area contributed by atoms with Gasteiger partial charge in [-0.1, -0.05) is 18.2 Å². The molecule has 0 radical (unpaired) electrons. The molecule has 1 fully saturated rings. The Labute approximate surface area is 178 Å². The Morgan fingerprint density at radius 1 is 1.28 bits per heavy atom. The molecule has 1 aromatic carbocycles. The molecule has 0 spiro atoms. The van der Waals surface area contributed by atoms with E-state index in [0.717, 1.165) is 30.8 Å². The number of aromatic nitrogens is 1. The number of ether oxygens (including phenoxy) is 2. The molecule has 158 valence electrons. The van der Waals surface area contributed by atoms with E-state index < -0.39 is 0 Å². The third-order valence-corrected chi connectivity index (χ3v) is 5.08. The Hall–Kier alpha value is -2.35. The van der Waals surface area contributed by atoms with Gasteiger partial charge < -0.3 is 19.7 Å². The number of rotatable bonds is 7. The summed E-state index contributed by atoms with van der Waals surface area (Å²) in [5.74, 6) is 1.40. The van der Waals surface area contributed by atoms with Crippen LogP contribution in [0.3, 0.4) is 0 Å². The van der Waals surface area contributed by atoms with Gasteiger partial charge in [0, 0.05) is 57.2 Å². The van der Waals surface area contributed by atoms with Gasteiger partial charge in [-0.3, -0.25) is 14.7 Å². The lowest BCUT2D eigenvalue weighted by Gasteiger charge is -2.36. The number of likely N-dealkylation sites (N-methyl/N-ethyl adjacent to an activating group) is 1. The van der Waals surface area contributed by atoms with Crippen LogP contribution in [0, 0.1) is 0 Å². The average molecular weight is 421 g/mol. The molecule has 1 saturated heterocycles. The number of pyridine rings is 1. The van der Waals surface area contributed by atoms with Crippen molar-refractivity contribution in [1.29, 1.82) is 0 Å². The van der Waals surface area contributed by atoms with Crippen LogP contribution in [-0.2, 0) is 11.3 Å². The van der Waals surface area contributed by atoms with Gasteiger partial charge in [0.2, 0.25) is 5.91 Å². The molecule has 1 N–H and O–H groups in total. The van der Waals surface area contributed by atoms with Crippen molar-refractivity contribution in [2.45, 2.75) is 12.6 Å². The van der Waals surface area contributed by atoms with Crippen LogP contribution in [0.5, 0.6) is 11.5 Å². The van der Waals surface area contributed by atoms with E-state index in [1.165, 1.54) is 0 Å². The Balaban J connectivity index is 0.00000300. The lowest BCUT2D eigenvalue weighted by molar-refractivity contribution is -0.132. The monoisotopic (exact) mass is 420 g/mol. The highest BCUT2D eigenvalue weighted by Gasteiger charge is 2.27. The number of amides is 1. The second-order valence-electron chi connectivity index (χ2n) is 6.88. The number of nitrogens with zero attached hydrogens (tertiary/aromatic N) is 3. The molecule has 1 aliphatic heterocycles. The molecular weight excluding hydrogens is 392 g/mol. The van der Waals surface area contributed by atoms with Crippen LogP contribution in [0.1, 0.15) is 17.2 Å². The molecule has 2 heterocycles. The summed E-state index contributed by atoms with van der Waals surface area (Å²) in [4.78, 5) is 21.1. The molecule has 3 rings (SSSR count). The maximum Gasteiger partial charge on any atom is 0.236 e. The van der Waals surface area contributed by atoms with Gasteiger partial charge in [0.25, 0.3) is 0 Å². The molecule has 1 aliphatic rings. The molecule has 1 unspecified atom stereocenters. The van der Waals surface area contributed by atoms with E-state index in [2.05, 4.69) is 21.3 Å². The first-order valence-corrected chi connectivity index (χ1v) is 9.42. The van der Waals surface area contributed by atoms with E-state index in [-0.39, 0.29) is 24.4 Å². The SMILES string of the molecule is COc1cccc(CN(C)C(=O)CN2CCNCC2c2cccnc2)c1OC.Cl. The number of nitrogens with one attached hydrogen (secondary N) is 1. The molecule has 8 heteroatoms. The summed E-state index contributed by atoms with van der Waals surface area (Å²) in [5, 5.41) is 3.41. The number of carbonyl (C=O) groups is 1. The average Bonchev–Trinajstić information content (AvgIpc) is 2.74. The second-order valence-corrected chi connectivity index (χ2v) is 6.88. The molecular formula is C21H29ClN4O3. The van der Waals surface area contributed by atoms with Crippen molar-refractivity contribution in [2.24, 2.45) is 0 Å². The lowest BCUT2D eigenvalue weighted by Crippen LogP contribution is -2.49. The van der Waals surface area contributed by atoms with Crippen molar-refractivity contribution < 1.29 is 14.3 Å². The smallest absolute Gasteiger partial charge is 0.236 e. The zero-order valence-electron chi connectivity index (χ0n) is 17.1. The summed E-state index contributed by atoms with van der Waals surface area (Å²) in [5.41, 5.74) is 2.04. The van der Waals surface area contributed by atoms with E-state index in [1.54, 1.807) is 25.3 Å². The van der Waals surface area contributed by atoms with Crippen molar-refractivity contribution in [3.05, 3.63) is 53.9 Å². The van der Waals surface area contributed by atoms with Gasteiger partial charge in [0.15, 0.2) is 11.5 Å². The summed E-state index contributed by atoms with van der Waals surface area (Å²) in [6, 6.07) is 9.85. The fraction of sp³-hybridized carbons (Fsp3) is 0.429. The molecule has 0 bridgehead atoms. The van der Waals surface area contributed by atoms with Gasteiger partial charge in [-0.15, -0.1) is 12.4 Å². The highest BCUT2D eigenvalue weighted by molar-refractivity contribution is 5.85. The predicted octanol–water partition coefficient (Wildman–Crippen LogP) is 2.13. The van der Waals surface area contributed by atoms with Gasteiger partial charge >= 0.3 is 0 Å². The van der Waals surface area contributed by atoms with Crippen LogP contribution in [0.4, 0.5) is 0 Å². The van der Waals surface area contributed by atoms with Crippen molar-refractivity contribution in [2.75, 3.05) is 47.4 Å². The number of carbonyl (C=O) groups excluding carboxylic acids is 1. The van der Waals surface area contributed by atoms with Crippen LogP contribution in [0.25, 0.3) is 0 Å². The molecule has 7 nitrogen and oxygen atoms in total. The molecule has 0 saturated carbocycles. The number of benzene rings is 1. The van der Waals surface area contributed by atoms with E-state index in [4.69, 9.17) is 9.47 Å². The van der Waals surface area contributed by atoms with Crippen molar-refractivity contribution in [1.82, 2.24) is 20.1 Å². The second kappa shape index (κ2) is 11.0. The van der Waals surface area contributed by atoms with Crippen LogP contribution < -0.4 is 14.8 Å². The van der Waals surface area contributed by atoms with Gasteiger partial charge in [-0.05, 0) is 17.7 Å². The Morgan fingerprint density at radius 2 is 2.10 bits per heavy atom. The highest BCUT2D eigenvalue weighted by atomic mass is 35.5. The van der Waals surface area contributed by atoms with E-state index in [0.29, 0.717) is 24.6 Å². The number of hydrogen-bond donors (Lipinski definition) is 1. The van der Waals surface area contributed by atoms with Crippen molar-refractivity contribution in [3.8, 4) is 11.5 Å². The maximum atomic E-state index is 12.9. The largest absolute Gasteiger partial charge is 0.493 e. The first-order chi connectivity index (χ1) is 13.6. The van der Waals surface area contributed by atoms with Gasteiger partial charge in [-0.2, -0.15) is 0 Å². The van der Waals surface area contributed by atoms with Gasteiger partial charge in [-0.25, -0.2) is 0 Å². The molecule has 1 atom stereocenters. The zero-order valence-corrected chi connectivity index (χ0v) is 17.9. The lowest BCUT2D eigenvalue weighted by atomic mass is 10.1. The minimum absolute atomic E-state index is 0. The molecule has 1 aromatic heterocycles. The predicted molar refractivity (Wildman–Crippen MR) is 115 cm³/mol. The first kappa shape index (κ1) is 22.9. The molecule has 0 aliphatic carbocycles.